The molecule has 1 spiro atoms. The van der Waals surface area contributed by atoms with Gasteiger partial charge < -0.3 is 4.90 Å². The SMILES string of the molecule is CN1C(c2cccnc2)=NCC12CCCC2. The smallest absolute Gasteiger partial charge is 0.132 e. The third-order valence-electron chi connectivity index (χ3n) is 4.01. The van der Waals surface area contributed by atoms with E-state index in [9.17, 15) is 0 Å². The average Bonchev–Trinajstić information content (AvgIpc) is 2.91. The maximum atomic E-state index is 4.72. The molecule has 3 heteroatoms. The summed E-state index contributed by atoms with van der Waals surface area (Å²) in [5.41, 5.74) is 1.47. The van der Waals surface area contributed by atoms with Crippen LogP contribution in [0.4, 0.5) is 0 Å². The minimum absolute atomic E-state index is 0.325. The number of pyridine rings is 1. The first kappa shape index (κ1) is 9.82. The lowest BCUT2D eigenvalue weighted by Gasteiger charge is -2.33. The lowest BCUT2D eigenvalue weighted by Crippen LogP contribution is -2.44. The van der Waals surface area contributed by atoms with Crippen LogP contribution < -0.4 is 0 Å². The molecule has 0 saturated heterocycles. The second-order valence-electron chi connectivity index (χ2n) is 4.87. The molecular weight excluding hydrogens is 198 g/mol. The van der Waals surface area contributed by atoms with Crippen molar-refractivity contribution in [2.45, 2.75) is 31.2 Å². The van der Waals surface area contributed by atoms with Crippen LogP contribution in [0.1, 0.15) is 31.2 Å². The van der Waals surface area contributed by atoms with E-state index in [1.165, 1.54) is 25.7 Å². The Morgan fingerprint density at radius 1 is 1.31 bits per heavy atom. The Labute approximate surface area is 96.2 Å². The van der Waals surface area contributed by atoms with Gasteiger partial charge in [-0.15, -0.1) is 0 Å². The summed E-state index contributed by atoms with van der Waals surface area (Å²) in [7, 11) is 2.18. The molecule has 16 heavy (non-hydrogen) atoms. The highest BCUT2D eigenvalue weighted by molar-refractivity contribution is 6.00. The van der Waals surface area contributed by atoms with Crippen molar-refractivity contribution in [3.8, 4) is 0 Å². The van der Waals surface area contributed by atoms with E-state index < -0.39 is 0 Å². The number of nitrogens with zero attached hydrogens (tertiary/aromatic N) is 3. The van der Waals surface area contributed by atoms with Crippen molar-refractivity contribution in [3.63, 3.8) is 0 Å². The van der Waals surface area contributed by atoms with Crippen LogP contribution in [0.5, 0.6) is 0 Å². The van der Waals surface area contributed by atoms with Gasteiger partial charge in [0.05, 0.1) is 12.1 Å². The van der Waals surface area contributed by atoms with Crippen molar-refractivity contribution in [2.75, 3.05) is 13.6 Å². The molecule has 0 N–H and O–H groups in total. The predicted molar refractivity (Wildman–Crippen MR) is 64.6 cm³/mol. The molecule has 0 amide bonds. The Morgan fingerprint density at radius 3 is 2.81 bits per heavy atom. The predicted octanol–water partition coefficient (Wildman–Crippen LogP) is 2.09. The number of hydrogen-bond donors (Lipinski definition) is 0. The van der Waals surface area contributed by atoms with Gasteiger partial charge in [-0.2, -0.15) is 0 Å². The summed E-state index contributed by atoms with van der Waals surface area (Å²) in [5.74, 6) is 1.12. The summed E-state index contributed by atoms with van der Waals surface area (Å²) in [6.45, 7) is 0.966. The van der Waals surface area contributed by atoms with Crippen LogP contribution in [0.2, 0.25) is 0 Å². The molecule has 0 radical (unpaired) electrons. The van der Waals surface area contributed by atoms with Crippen LogP contribution in [-0.2, 0) is 0 Å². The number of hydrogen-bond acceptors (Lipinski definition) is 3. The molecule has 1 saturated carbocycles. The summed E-state index contributed by atoms with van der Waals surface area (Å²) < 4.78 is 0. The Hall–Kier alpha value is -1.38. The van der Waals surface area contributed by atoms with Crippen LogP contribution in [0.25, 0.3) is 0 Å². The summed E-state index contributed by atoms with van der Waals surface area (Å²) >= 11 is 0. The van der Waals surface area contributed by atoms with Crippen LogP contribution in [-0.4, -0.2) is 34.9 Å². The van der Waals surface area contributed by atoms with Gasteiger partial charge in [-0.3, -0.25) is 9.98 Å². The lowest BCUT2D eigenvalue weighted by molar-refractivity contribution is 0.245. The van der Waals surface area contributed by atoms with E-state index in [1.807, 2.05) is 18.5 Å². The fourth-order valence-electron chi connectivity index (χ4n) is 2.97. The zero-order chi connectivity index (χ0) is 11.0. The third-order valence-corrected chi connectivity index (χ3v) is 4.01. The van der Waals surface area contributed by atoms with Gasteiger partial charge in [-0.1, -0.05) is 12.8 Å². The van der Waals surface area contributed by atoms with E-state index in [-0.39, 0.29) is 0 Å². The molecule has 2 aliphatic rings. The molecule has 1 aromatic heterocycles. The first-order valence-electron chi connectivity index (χ1n) is 6.01. The Morgan fingerprint density at radius 2 is 2.12 bits per heavy atom. The highest BCUT2D eigenvalue weighted by atomic mass is 15.3. The molecule has 2 heterocycles. The fraction of sp³-hybridized carbons (Fsp3) is 0.538. The van der Waals surface area contributed by atoms with Crippen molar-refractivity contribution < 1.29 is 0 Å². The van der Waals surface area contributed by atoms with Gasteiger partial charge in [0.25, 0.3) is 0 Å². The van der Waals surface area contributed by atoms with Gasteiger partial charge in [0.2, 0.25) is 0 Å². The first-order chi connectivity index (χ1) is 7.82. The van der Waals surface area contributed by atoms with Crippen LogP contribution in [0, 0.1) is 0 Å². The van der Waals surface area contributed by atoms with Crippen molar-refractivity contribution in [1.82, 2.24) is 9.88 Å². The van der Waals surface area contributed by atoms with Crippen molar-refractivity contribution >= 4 is 5.84 Å². The van der Waals surface area contributed by atoms with Crippen molar-refractivity contribution in [3.05, 3.63) is 30.1 Å². The number of likely N-dealkylation sites (N-methyl/N-ethyl adjacent to an activating group) is 1. The summed E-state index contributed by atoms with van der Waals surface area (Å²) in [4.78, 5) is 11.3. The molecule has 0 unspecified atom stereocenters. The second-order valence-corrected chi connectivity index (χ2v) is 4.87. The summed E-state index contributed by atoms with van der Waals surface area (Å²) in [5, 5.41) is 0. The number of aliphatic imine (C=N–C) groups is 1. The van der Waals surface area contributed by atoms with E-state index in [4.69, 9.17) is 4.99 Å². The standard InChI is InChI=1S/C13H17N3/c1-16-12(11-5-4-8-14-9-11)15-10-13(16)6-2-3-7-13/h4-5,8-9H,2-3,6-7,10H2,1H3. The van der Waals surface area contributed by atoms with Gasteiger partial charge >= 0.3 is 0 Å². The zero-order valence-electron chi connectivity index (χ0n) is 9.69. The van der Waals surface area contributed by atoms with Crippen molar-refractivity contribution in [2.24, 2.45) is 4.99 Å². The normalized spacial score (nSPS) is 22.8. The van der Waals surface area contributed by atoms with Gasteiger partial charge in [0.15, 0.2) is 0 Å². The van der Waals surface area contributed by atoms with E-state index in [2.05, 4.69) is 23.0 Å². The highest BCUT2D eigenvalue weighted by Gasteiger charge is 2.42. The maximum absolute atomic E-state index is 4.72. The number of amidine groups is 1. The maximum Gasteiger partial charge on any atom is 0.132 e. The van der Waals surface area contributed by atoms with Crippen LogP contribution >= 0.6 is 0 Å². The minimum Gasteiger partial charge on any atom is -0.352 e. The quantitative estimate of drug-likeness (QED) is 0.717. The van der Waals surface area contributed by atoms with Gasteiger partial charge in [-0.05, 0) is 25.0 Å². The molecule has 1 fully saturated rings. The molecule has 1 aliphatic carbocycles. The molecule has 1 aromatic rings. The molecule has 0 bridgehead atoms. The molecule has 84 valence electrons. The Bertz CT molecular complexity index is 404. The molecule has 3 rings (SSSR count). The van der Waals surface area contributed by atoms with E-state index in [0.29, 0.717) is 5.54 Å². The van der Waals surface area contributed by atoms with E-state index in [0.717, 1.165) is 17.9 Å². The van der Waals surface area contributed by atoms with Crippen LogP contribution in [0.15, 0.2) is 29.5 Å². The lowest BCUT2D eigenvalue weighted by atomic mass is 9.97. The van der Waals surface area contributed by atoms with Gasteiger partial charge in [-0.25, -0.2) is 0 Å². The molecular formula is C13H17N3. The topological polar surface area (TPSA) is 28.5 Å². The molecule has 0 atom stereocenters. The monoisotopic (exact) mass is 215 g/mol. The Kier molecular flexibility index (Phi) is 2.20. The van der Waals surface area contributed by atoms with Gasteiger partial charge in [0, 0.05) is 25.0 Å². The third kappa shape index (κ3) is 1.34. The van der Waals surface area contributed by atoms with Crippen molar-refractivity contribution in [1.29, 1.82) is 0 Å². The first-order valence-corrected chi connectivity index (χ1v) is 6.01. The number of rotatable bonds is 1. The summed E-state index contributed by atoms with van der Waals surface area (Å²) in [6, 6.07) is 4.07. The summed E-state index contributed by atoms with van der Waals surface area (Å²) in [6.07, 6.45) is 8.99. The second kappa shape index (κ2) is 3.58. The molecule has 0 aromatic carbocycles. The Balaban J connectivity index is 1.89. The molecule has 3 nitrogen and oxygen atoms in total. The minimum atomic E-state index is 0.325. The largest absolute Gasteiger partial charge is 0.352 e. The number of aromatic nitrogens is 1. The van der Waals surface area contributed by atoms with Gasteiger partial charge in [0.1, 0.15) is 5.84 Å². The molecule has 1 aliphatic heterocycles. The fourth-order valence-corrected chi connectivity index (χ4v) is 2.97. The van der Waals surface area contributed by atoms with E-state index >= 15 is 0 Å². The van der Waals surface area contributed by atoms with E-state index in [1.54, 1.807) is 0 Å². The average molecular weight is 215 g/mol. The van der Waals surface area contributed by atoms with Crippen LogP contribution in [0.3, 0.4) is 0 Å². The highest BCUT2D eigenvalue weighted by Crippen LogP contribution is 2.38. The zero-order valence-corrected chi connectivity index (χ0v) is 9.69.